The van der Waals surface area contributed by atoms with E-state index in [1.54, 1.807) is 0 Å². The lowest BCUT2D eigenvalue weighted by Gasteiger charge is -2.11. The molecule has 206 valence electrons. The highest BCUT2D eigenvalue weighted by molar-refractivity contribution is 6.10. The summed E-state index contributed by atoms with van der Waals surface area (Å²) in [5.74, 6) is 0. The standard InChI is InChI=1S/C42H28N2/c1-2-9-29(10-3-1)30-17-21-35(22-18-30)44-41-15-7-6-14-37(41)38-28-33(20-24-42(38)44)32-19-23-39-34(27-32)25-26-43(39)40-16-8-12-31-11-4-5-13-36(31)40/h1-28H. The van der Waals surface area contributed by atoms with Gasteiger partial charge in [-0.3, -0.25) is 0 Å². The van der Waals surface area contributed by atoms with Crippen LogP contribution in [0.2, 0.25) is 0 Å². The molecule has 0 bridgehead atoms. The maximum atomic E-state index is 2.39. The second-order valence-corrected chi connectivity index (χ2v) is 11.5. The Morgan fingerprint density at radius 2 is 0.977 bits per heavy atom. The minimum atomic E-state index is 1.17. The molecule has 0 atom stereocenters. The van der Waals surface area contributed by atoms with Crippen molar-refractivity contribution in [1.29, 1.82) is 0 Å². The summed E-state index contributed by atoms with van der Waals surface area (Å²) in [5, 5.41) is 6.27. The number of benzene rings is 7. The summed E-state index contributed by atoms with van der Waals surface area (Å²) in [4.78, 5) is 0. The summed E-state index contributed by atoms with van der Waals surface area (Å²) >= 11 is 0. The van der Waals surface area contributed by atoms with Crippen molar-refractivity contribution in [2.24, 2.45) is 0 Å². The molecule has 2 heterocycles. The van der Waals surface area contributed by atoms with Gasteiger partial charge in [0, 0.05) is 33.4 Å². The highest BCUT2D eigenvalue weighted by Gasteiger charge is 2.14. The van der Waals surface area contributed by atoms with Crippen LogP contribution in [-0.2, 0) is 0 Å². The molecule has 0 unspecified atom stereocenters. The van der Waals surface area contributed by atoms with E-state index in [4.69, 9.17) is 0 Å². The van der Waals surface area contributed by atoms with Gasteiger partial charge in [-0.1, -0.05) is 109 Å². The molecule has 0 amide bonds. The average molecular weight is 561 g/mol. The van der Waals surface area contributed by atoms with Crippen molar-refractivity contribution in [2.45, 2.75) is 0 Å². The monoisotopic (exact) mass is 560 g/mol. The molecule has 9 aromatic rings. The molecule has 0 aliphatic heterocycles. The van der Waals surface area contributed by atoms with Gasteiger partial charge in [0.05, 0.1) is 22.2 Å². The van der Waals surface area contributed by atoms with Crippen LogP contribution in [0.3, 0.4) is 0 Å². The maximum Gasteiger partial charge on any atom is 0.0541 e. The zero-order valence-electron chi connectivity index (χ0n) is 24.1. The molecular formula is C42H28N2. The zero-order valence-corrected chi connectivity index (χ0v) is 24.1. The fourth-order valence-electron chi connectivity index (χ4n) is 6.81. The maximum absolute atomic E-state index is 2.39. The van der Waals surface area contributed by atoms with Crippen LogP contribution in [0, 0.1) is 0 Å². The molecule has 0 N–H and O–H groups in total. The topological polar surface area (TPSA) is 9.86 Å². The smallest absolute Gasteiger partial charge is 0.0541 e. The fraction of sp³-hybridized carbons (Fsp3) is 0. The zero-order chi connectivity index (χ0) is 29.0. The van der Waals surface area contributed by atoms with Crippen LogP contribution in [0.25, 0.3) is 77.1 Å². The van der Waals surface area contributed by atoms with E-state index in [9.17, 15) is 0 Å². The molecule has 2 nitrogen and oxygen atoms in total. The molecule has 44 heavy (non-hydrogen) atoms. The molecule has 2 heteroatoms. The van der Waals surface area contributed by atoms with Crippen LogP contribution in [0.5, 0.6) is 0 Å². The molecule has 0 saturated heterocycles. The van der Waals surface area contributed by atoms with Gasteiger partial charge in [0.15, 0.2) is 0 Å². The largest absolute Gasteiger partial charge is 0.316 e. The van der Waals surface area contributed by atoms with E-state index in [1.807, 2.05) is 0 Å². The van der Waals surface area contributed by atoms with Gasteiger partial charge in [-0.05, 0) is 82.2 Å². The van der Waals surface area contributed by atoms with Crippen LogP contribution in [-0.4, -0.2) is 9.13 Å². The van der Waals surface area contributed by atoms with Gasteiger partial charge >= 0.3 is 0 Å². The van der Waals surface area contributed by atoms with Gasteiger partial charge in [-0.25, -0.2) is 0 Å². The first-order valence-electron chi connectivity index (χ1n) is 15.1. The van der Waals surface area contributed by atoms with Crippen LogP contribution in [0.15, 0.2) is 170 Å². The van der Waals surface area contributed by atoms with E-state index >= 15 is 0 Å². The first-order chi connectivity index (χ1) is 21.8. The highest BCUT2D eigenvalue weighted by Crippen LogP contribution is 2.36. The number of fused-ring (bicyclic) bond motifs is 5. The predicted molar refractivity (Wildman–Crippen MR) is 186 cm³/mol. The second-order valence-electron chi connectivity index (χ2n) is 11.5. The number of para-hydroxylation sites is 1. The Morgan fingerprint density at radius 3 is 1.84 bits per heavy atom. The molecule has 2 aromatic heterocycles. The second kappa shape index (κ2) is 9.86. The molecular weight excluding hydrogens is 532 g/mol. The molecule has 0 aliphatic carbocycles. The van der Waals surface area contributed by atoms with Crippen LogP contribution < -0.4 is 0 Å². The number of nitrogens with zero attached hydrogens (tertiary/aromatic N) is 2. The average Bonchev–Trinajstić information content (AvgIpc) is 3.67. The van der Waals surface area contributed by atoms with Crippen molar-refractivity contribution in [2.75, 3.05) is 0 Å². The van der Waals surface area contributed by atoms with Crippen LogP contribution in [0.1, 0.15) is 0 Å². The molecule has 0 spiro atoms. The third-order valence-corrected chi connectivity index (χ3v) is 8.95. The minimum absolute atomic E-state index is 1.17. The van der Waals surface area contributed by atoms with Crippen molar-refractivity contribution in [3.8, 4) is 33.6 Å². The van der Waals surface area contributed by atoms with E-state index in [1.165, 1.54) is 77.1 Å². The Bertz CT molecular complexity index is 2470. The van der Waals surface area contributed by atoms with Gasteiger partial charge in [0.2, 0.25) is 0 Å². The van der Waals surface area contributed by atoms with E-state index in [0.717, 1.165) is 0 Å². The van der Waals surface area contributed by atoms with E-state index < -0.39 is 0 Å². The summed E-state index contributed by atoms with van der Waals surface area (Å²) in [6.45, 7) is 0. The third kappa shape index (κ3) is 3.89. The molecule has 9 rings (SSSR count). The lowest BCUT2D eigenvalue weighted by atomic mass is 10.0. The molecule has 0 aliphatic rings. The predicted octanol–water partition coefficient (Wildman–Crippen LogP) is 11.2. The normalized spacial score (nSPS) is 11.6. The number of hydrogen-bond donors (Lipinski definition) is 0. The summed E-state index contributed by atoms with van der Waals surface area (Å²) in [6.07, 6.45) is 2.19. The van der Waals surface area contributed by atoms with Crippen LogP contribution in [0.4, 0.5) is 0 Å². The molecule has 7 aromatic carbocycles. The van der Waals surface area contributed by atoms with Crippen molar-refractivity contribution < 1.29 is 0 Å². The lowest BCUT2D eigenvalue weighted by molar-refractivity contribution is 1.14. The SMILES string of the molecule is c1ccc(-c2ccc(-n3c4ccccc4c4cc(-c5ccc6c(ccn6-c6cccc7ccccc67)c5)ccc43)cc2)cc1. The van der Waals surface area contributed by atoms with Crippen molar-refractivity contribution in [3.05, 3.63) is 170 Å². The first kappa shape index (κ1) is 24.7. The number of hydrogen-bond acceptors (Lipinski definition) is 0. The molecule has 0 saturated carbocycles. The third-order valence-electron chi connectivity index (χ3n) is 8.95. The van der Waals surface area contributed by atoms with Gasteiger partial charge < -0.3 is 9.13 Å². The van der Waals surface area contributed by atoms with Gasteiger partial charge in [0.25, 0.3) is 0 Å². The Balaban J connectivity index is 1.14. The minimum Gasteiger partial charge on any atom is -0.316 e. The Hall–Kier alpha value is -5.86. The first-order valence-corrected chi connectivity index (χ1v) is 15.1. The summed E-state index contributed by atoms with van der Waals surface area (Å²) in [6, 6.07) is 59.3. The van der Waals surface area contributed by atoms with Crippen molar-refractivity contribution in [3.63, 3.8) is 0 Å². The van der Waals surface area contributed by atoms with Crippen molar-refractivity contribution >= 4 is 43.5 Å². The van der Waals surface area contributed by atoms with E-state index in [0.29, 0.717) is 0 Å². The molecule has 0 fully saturated rings. The number of rotatable bonds is 4. The quantitative estimate of drug-likeness (QED) is 0.203. The summed E-state index contributed by atoms with van der Waals surface area (Å²) < 4.78 is 4.69. The van der Waals surface area contributed by atoms with Crippen molar-refractivity contribution in [1.82, 2.24) is 9.13 Å². The lowest BCUT2D eigenvalue weighted by Crippen LogP contribution is -1.94. The molecule has 0 radical (unpaired) electrons. The summed E-state index contributed by atoms with van der Waals surface area (Å²) in [5.41, 5.74) is 10.9. The summed E-state index contributed by atoms with van der Waals surface area (Å²) in [7, 11) is 0. The van der Waals surface area contributed by atoms with Gasteiger partial charge in [-0.15, -0.1) is 0 Å². The Morgan fingerprint density at radius 1 is 0.341 bits per heavy atom. The number of aromatic nitrogens is 2. The van der Waals surface area contributed by atoms with Crippen LogP contribution >= 0.6 is 0 Å². The van der Waals surface area contributed by atoms with Gasteiger partial charge in [-0.2, -0.15) is 0 Å². The van der Waals surface area contributed by atoms with E-state index in [2.05, 4.69) is 179 Å². The van der Waals surface area contributed by atoms with E-state index in [-0.39, 0.29) is 0 Å². The fourth-order valence-corrected chi connectivity index (χ4v) is 6.81. The highest BCUT2D eigenvalue weighted by atomic mass is 15.0. The Labute approximate surface area is 255 Å². The van der Waals surface area contributed by atoms with Gasteiger partial charge in [0.1, 0.15) is 0 Å². The Kier molecular flexibility index (Phi) is 5.54.